The van der Waals surface area contributed by atoms with Gasteiger partial charge in [0, 0.05) is 23.0 Å². The molecule has 2 aliphatic heterocycles. The lowest BCUT2D eigenvalue weighted by Crippen LogP contribution is -2.46. The number of carbonyl (C=O) groups is 2. The number of rotatable bonds is 4. The highest BCUT2D eigenvalue weighted by molar-refractivity contribution is 7.10. The maximum Gasteiger partial charge on any atom is 0.326 e. The summed E-state index contributed by atoms with van der Waals surface area (Å²) in [6.45, 7) is 3.83. The Morgan fingerprint density at radius 3 is 2.92 bits per heavy atom. The van der Waals surface area contributed by atoms with E-state index in [0.29, 0.717) is 18.1 Å². The van der Waals surface area contributed by atoms with E-state index < -0.39 is 5.54 Å². The third-order valence-corrected chi connectivity index (χ3v) is 6.51. The van der Waals surface area contributed by atoms with Crippen LogP contribution < -0.4 is 5.32 Å². The van der Waals surface area contributed by atoms with E-state index in [-0.39, 0.29) is 11.9 Å². The fourth-order valence-electron chi connectivity index (χ4n) is 3.78. The molecule has 1 atom stereocenters. The van der Waals surface area contributed by atoms with E-state index in [0.717, 1.165) is 25.1 Å². The van der Waals surface area contributed by atoms with Gasteiger partial charge in [-0.15, -0.1) is 11.3 Å². The summed E-state index contributed by atoms with van der Waals surface area (Å²) in [4.78, 5) is 30.7. The first-order valence-electron chi connectivity index (χ1n) is 8.71. The number of hydrogen-bond acceptors (Lipinski definition) is 4. The van der Waals surface area contributed by atoms with Crippen LogP contribution in [0, 0.1) is 0 Å². The largest absolute Gasteiger partial charge is 0.326 e. The van der Waals surface area contributed by atoms with Crippen LogP contribution in [0.15, 0.2) is 35.7 Å². The Kier molecular flexibility index (Phi) is 4.50. The van der Waals surface area contributed by atoms with Crippen molar-refractivity contribution >= 4 is 34.9 Å². The summed E-state index contributed by atoms with van der Waals surface area (Å²) in [6.07, 6.45) is 1.44. The molecule has 4 rings (SSSR count). The van der Waals surface area contributed by atoms with Gasteiger partial charge in [-0.1, -0.05) is 30.7 Å². The zero-order valence-corrected chi connectivity index (χ0v) is 16.1. The number of fused-ring (bicyclic) bond motifs is 1. The fraction of sp³-hybridized carbons (Fsp3) is 0.368. The van der Waals surface area contributed by atoms with E-state index in [1.165, 1.54) is 15.3 Å². The molecule has 1 fully saturated rings. The fourth-order valence-corrected chi connectivity index (χ4v) is 4.86. The first-order chi connectivity index (χ1) is 12.5. The van der Waals surface area contributed by atoms with Crippen LogP contribution in [0.2, 0.25) is 5.02 Å². The number of nitrogens with zero attached hydrogens (tertiary/aromatic N) is 2. The summed E-state index contributed by atoms with van der Waals surface area (Å²) in [6, 6.07) is 8.95. The highest BCUT2D eigenvalue weighted by atomic mass is 35.5. The van der Waals surface area contributed by atoms with E-state index in [2.05, 4.69) is 21.7 Å². The monoisotopic (exact) mass is 389 g/mol. The van der Waals surface area contributed by atoms with Crippen LogP contribution in [-0.4, -0.2) is 35.0 Å². The van der Waals surface area contributed by atoms with Crippen molar-refractivity contribution in [1.82, 2.24) is 15.1 Å². The Bertz CT molecular complexity index is 868. The maximum absolute atomic E-state index is 13.2. The molecule has 7 heteroatoms. The average molecular weight is 390 g/mol. The van der Waals surface area contributed by atoms with Crippen molar-refractivity contribution in [3.8, 4) is 0 Å². The van der Waals surface area contributed by atoms with Gasteiger partial charge >= 0.3 is 6.03 Å². The van der Waals surface area contributed by atoms with Crippen molar-refractivity contribution < 1.29 is 9.59 Å². The molecule has 26 heavy (non-hydrogen) atoms. The van der Waals surface area contributed by atoms with Crippen LogP contribution in [0.25, 0.3) is 0 Å². The zero-order chi connectivity index (χ0) is 18.3. The summed E-state index contributed by atoms with van der Waals surface area (Å²) >= 11 is 7.88. The smallest absolute Gasteiger partial charge is 0.319 e. The van der Waals surface area contributed by atoms with Gasteiger partial charge in [-0.25, -0.2) is 9.69 Å². The lowest BCUT2D eigenvalue weighted by molar-refractivity contribution is -0.133. The highest BCUT2D eigenvalue weighted by Crippen LogP contribution is 2.34. The first-order valence-corrected chi connectivity index (χ1v) is 9.97. The van der Waals surface area contributed by atoms with Gasteiger partial charge in [0.15, 0.2) is 0 Å². The van der Waals surface area contributed by atoms with Gasteiger partial charge in [-0.3, -0.25) is 9.69 Å². The van der Waals surface area contributed by atoms with Gasteiger partial charge in [0.1, 0.15) is 5.54 Å². The molecule has 0 saturated carbocycles. The summed E-state index contributed by atoms with van der Waals surface area (Å²) in [5.41, 5.74) is 0.989. The third kappa shape index (κ3) is 2.82. The number of thiophene rings is 1. The Labute approximate surface area is 161 Å². The quantitative estimate of drug-likeness (QED) is 0.813. The molecule has 3 amide bonds. The molecule has 0 radical (unpaired) electrons. The Morgan fingerprint density at radius 1 is 1.31 bits per heavy atom. The van der Waals surface area contributed by atoms with Crippen LogP contribution in [0.5, 0.6) is 0 Å². The van der Waals surface area contributed by atoms with Crippen molar-refractivity contribution in [3.05, 3.63) is 56.7 Å². The molecule has 1 N–H and O–H groups in total. The minimum absolute atomic E-state index is 0.205. The summed E-state index contributed by atoms with van der Waals surface area (Å²) in [5.74, 6) is -0.205. The Balaban J connectivity index is 1.57. The molecule has 5 nitrogen and oxygen atoms in total. The molecule has 0 aliphatic carbocycles. The molecule has 1 aromatic heterocycles. The summed E-state index contributed by atoms with van der Waals surface area (Å²) in [7, 11) is 0. The second-order valence-corrected chi connectivity index (χ2v) is 8.18. The predicted molar refractivity (Wildman–Crippen MR) is 102 cm³/mol. The molecule has 0 spiro atoms. The molecular formula is C19H20ClN3O2S. The molecule has 0 bridgehead atoms. The number of hydrogen-bond donors (Lipinski definition) is 1. The highest BCUT2D eigenvalue weighted by Gasteiger charge is 2.51. The molecule has 1 saturated heterocycles. The van der Waals surface area contributed by atoms with Gasteiger partial charge in [-0.05, 0) is 47.5 Å². The third-order valence-electron chi connectivity index (χ3n) is 5.25. The first kappa shape index (κ1) is 17.5. The van der Waals surface area contributed by atoms with Crippen molar-refractivity contribution in [1.29, 1.82) is 0 Å². The van der Waals surface area contributed by atoms with E-state index in [1.807, 2.05) is 13.0 Å². The summed E-state index contributed by atoms with van der Waals surface area (Å²) in [5, 5.41) is 5.57. The minimum Gasteiger partial charge on any atom is -0.319 e. The van der Waals surface area contributed by atoms with E-state index in [9.17, 15) is 9.59 Å². The van der Waals surface area contributed by atoms with Crippen LogP contribution in [-0.2, 0) is 23.3 Å². The van der Waals surface area contributed by atoms with Crippen molar-refractivity contribution in [2.75, 3.05) is 13.2 Å². The van der Waals surface area contributed by atoms with Crippen molar-refractivity contribution in [3.63, 3.8) is 0 Å². The number of amides is 3. The van der Waals surface area contributed by atoms with Gasteiger partial charge < -0.3 is 5.32 Å². The Hall–Kier alpha value is -1.89. The molecule has 3 heterocycles. The zero-order valence-electron chi connectivity index (χ0n) is 14.5. The molecule has 2 aromatic rings. The standard InChI is InChI=1S/C19H20ClN3O2S/c1-2-19(14-4-3-5-15(20)10-14)17(24)23(18(25)21-19)12-22-8-6-16-13(11-22)7-9-26-16/h3-5,7,9-10H,2,6,8,11-12H2,1H3,(H,21,25). The van der Waals surface area contributed by atoms with E-state index >= 15 is 0 Å². The molecule has 136 valence electrons. The van der Waals surface area contributed by atoms with E-state index in [1.54, 1.807) is 29.5 Å². The van der Waals surface area contributed by atoms with Crippen LogP contribution in [0.4, 0.5) is 4.79 Å². The van der Waals surface area contributed by atoms with Crippen molar-refractivity contribution in [2.45, 2.75) is 31.8 Å². The lowest BCUT2D eigenvalue weighted by atomic mass is 9.87. The van der Waals surface area contributed by atoms with Crippen LogP contribution in [0.3, 0.4) is 0 Å². The molecular weight excluding hydrogens is 370 g/mol. The lowest BCUT2D eigenvalue weighted by Gasteiger charge is -2.30. The van der Waals surface area contributed by atoms with Gasteiger partial charge in [0.25, 0.3) is 5.91 Å². The van der Waals surface area contributed by atoms with Gasteiger partial charge in [0.05, 0.1) is 6.67 Å². The predicted octanol–water partition coefficient (Wildman–Crippen LogP) is 3.57. The minimum atomic E-state index is -1.04. The number of nitrogens with one attached hydrogen (secondary N) is 1. The second kappa shape index (κ2) is 6.68. The normalized spacial score (nSPS) is 23.2. The van der Waals surface area contributed by atoms with Crippen LogP contribution >= 0.6 is 22.9 Å². The molecule has 1 unspecified atom stereocenters. The average Bonchev–Trinajstić information content (AvgIpc) is 3.19. The van der Waals surface area contributed by atoms with Gasteiger partial charge in [-0.2, -0.15) is 0 Å². The molecule has 2 aliphatic rings. The maximum atomic E-state index is 13.2. The number of halogens is 1. The number of carbonyl (C=O) groups excluding carboxylic acids is 2. The second-order valence-electron chi connectivity index (χ2n) is 6.75. The number of benzene rings is 1. The SMILES string of the molecule is CCC1(c2cccc(Cl)c2)NC(=O)N(CN2CCc3sccc3C2)C1=O. The van der Waals surface area contributed by atoms with Crippen molar-refractivity contribution in [2.24, 2.45) is 0 Å². The van der Waals surface area contributed by atoms with E-state index in [4.69, 9.17) is 11.6 Å². The summed E-state index contributed by atoms with van der Waals surface area (Å²) < 4.78 is 0. The van der Waals surface area contributed by atoms with Gasteiger partial charge in [0.2, 0.25) is 0 Å². The Morgan fingerprint density at radius 2 is 2.15 bits per heavy atom. The number of imide groups is 1. The topological polar surface area (TPSA) is 52.7 Å². The molecule has 1 aromatic carbocycles. The number of urea groups is 1. The van der Waals surface area contributed by atoms with Crippen LogP contribution in [0.1, 0.15) is 29.3 Å².